The molecule has 0 amide bonds. The predicted octanol–water partition coefficient (Wildman–Crippen LogP) is 15.9. The molecule has 4 aromatic heterocycles. The maximum absolute atomic E-state index is 5.65. The second kappa shape index (κ2) is 12.4. The molecule has 0 bridgehead atoms. The molecule has 0 saturated heterocycles. The van der Waals surface area contributed by atoms with Crippen molar-refractivity contribution in [3.05, 3.63) is 200 Å². The molecule has 0 atom stereocenters. The van der Waals surface area contributed by atoms with Crippen LogP contribution in [0.4, 0.5) is 0 Å². The molecule has 3 nitrogen and oxygen atoms in total. The van der Waals surface area contributed by atoms with Gasteiger partial charge in [0.15, 0.2) is 0 Å². The van der Waals surface area contributed by atoms with Crippen molar-refractivity contribution < 1.29 is 0 Å². The molecule has 0 radical (unpaired) electrons. The summed E-state index contributed by atoms with van der Waals surface area (Å²) >= 11 is 1.78. The normalized spacial score (nSPS) is 12.3. The molecule has 61 heavy (non-hydrogen) atoms. The Morgan fingerprint density at radius 2 is 0.951 bits per heavy atom. The van der Waals surface area contributed by atoms with Crippen molar-refractivity contribution in [3.8, 4) is 22.6 Å². The number of aromatic nitrogens is 3. The number of pyridine rings is 1. The zero-order chi connectivity index (χ0) is 39.8. The van der Waals surface area contributed by atoms with E-state index in [1.54, 1.807) is 11.3 Å². The summed E-state index contributed by atoms with van der Waals surface area (Å²) in [5, 5.41) is 17.5. The average molecular weight is 792 g/mol. The van der Waals surface area contributed by atoms with Crippen LogP contribution < -0.4 is 0 Å². The molecule has 0 spiro atoms. The zero-order valence-electron chi connectivity index (χ0n) is 32.8. The molecule has 0 saturated carbocycles. The van der Waals surface area contributed by atoms with Gasteiger partial charge in [0.05, 0.1) is 22.1 Å². The van der Waals surface area contributed by atoms with E-state index >= 15 is 0 Å². The van der Waals surface area contributed by atoms with Crippen molar-refractivity contribution in [2.45, 2.75) is 0 Å². The molecule has 282 valence electrons. The van der Waals surface area contributed by atoms with Gasteiger partial charge in [0, 0.05) is 48.1 Å². The summed E-state index contributed by atoms with van der Waals surface area (Å²) in [5.41, 5.74) is 8.22. The average Bonchev–Trinajstić information content (AvgIpc) is 3.98. The number of benzene rings is 10. The first kappa shape index (κ1) is 33.1. The lowest BCUT2D eigenvalue weighted by Gasteiger charge is -2.14. The first-order chi connectivity index (χ1) is 30.3. The van der Waals surface area contributed by atoms with Crippen LogP contribution in [0.15, 0.2) is 200 Å². The number of fused-ring (bicyclic) bond motifs is 17. The van der Waals surface area contributed by atoms with Gasteiger partial charge in [0.25, 0.3) is 0 Å². The van der Waals surface area contributed by atoms with Crippen molar-refractivity contribution in [1.29, 1.82) is 0 Å². The quantitative estimate of drug-likeness (QED) is 0.163. The van der Waals surface area contributed by atoms with E-state index in [2.05, 4.69) is 209 Å². The number of rotatable bonds is 3. The Morgan fingerprint density at radius 3 is 1.75 bits per heavy atom. The molecule has 4 heterocycles. The van der Waals surface area contributed by atoms with Crippen LogP contribution in [0.1, 0.15) is 0 Å². The fourth-order valence-electron chi connectivity index (χ4n) is 10.5. The van der Waals surface area contributed by atoms with Gasteiger partial charge in [-0.05, 0) is 109 Å². The van der Waals surface area contributed by atoms with Gasteiger partial charge in [-0.15, -0.1) is 11.3 Å². The highest BCUT2D eigenvalue weighted by molar-refractivity contribution is 7.25. The van der Waals surface area contributed by atoms with E-state index in [1.165, 1.54) is 102 Å². The molecule has 0 fully saturated rings. The highest BCUT2D eigenvalue weighted by atomic mass is 32.1. The van der Waals surface area contributed by atoms with Crippen LogP contribution in [0, 0.1) is 0 Å². The lowest BCUT2D eigenvalue weighted by atomic mass is 9.91. The molecule has 0 aliphatic carbocycles. The van der Waals surface area contributed by atoms with Crippen molar-refractivity contribution >= 4 is 118 Å². The SMILES string of the molecule is c1ccc(-n2c3ccccc3c3cc(-c4cc(-n5c6cc7ccccc7cc6c6c7c8ccccc8c8ccccc8c7ccc65)nc5sc6ccccc6c45)ccc32)cc1. The fraction of sp³-hybridized carbons (Fsp3) is 0. The number of thiophene rings is 1. The smallest absolute Gasteiger partial charge is 0.139 e. The largest absolute Gasteiger partial charge is 0.309 e. The topological polar surface area (TPSA) is 22.8 Å². The number of hydrogen-bond acceptors (Lipinski definition) is 2. The number of hydrogen-bond donors (Lipinski definition) is 0. The van der Waals surface area contributed by atoms with Crippen LogP contribution in [-0.4, -0.2) is 14.1 Å². The van der Waals surface area contributed by atoms with Crippen molar-refractivity contribution in [3.63, 3.8) is 0 Å². The standard InChI is InChI=1S/C57H33N3S/c1-2-16-37(17-3-1)59-48-24-12-10-21-41(48)46-31-36(26-28-49(46)59)45-33-53(58-57-55(45)44-23-11-13-25-52(44)61-57)60-50-29-27-43-40-20-7-6-18-38(40)39-19-8-9-22-42(39)54(43)56(50)47-30-34-14-4-5-15-35(34)32-51(47)60/h1-33H. The first-order valence-corrected chi connectivity index (χ1v) is 21.7. The van der Waals surface area contributed by atoms with Gasteiger partial charge in [-0.25, -0.2) is 4.98 Å². The monoisotopic (exact) mass is 791 g/mol. The van der Waals surface area contributed by atoms with Crippen molar-refractivity contribution in [2.24, 2.45) is 0 Å². The maximum Gasteiger partial charge on any atom is 0.139 e. The Balaban J connectivity index is 1.12. The lowest BCUT2D eigenvalue weighted by Crippen LogP contribution is -1.99. The molecule has 4 heteroatoms. The van der Waals surface area contributed by atoms with E-state index in [9.17, 15) is 0 Å². The van der Waals surface area contributed by atoms with E-state index in [4.69, 9.17) is 4.98 Å². The van der Waals surface area contributed by atoms with Gasteiger partial charge in [-0.2, -0.15) is 0 Å². The minimum Gasteiger partial charge on any atom is -0.309 e. The summed E-state index contributed by atoms with van der Waals surface area (Å²) in [6.07, 6.45) is 0. The Labute approximate surface area is 353 Å². The fourth-order valence-corrected chi connectivity index (χ4v) is 11.6. The van der Waals surface area contributed by atoms with Crippen LogP contribution in [0.3, 0.4) is 0 Å². The molecular weight excluding hydrogens is 759 g/mol. The Bertz CT molecular complexity index is 4130. The number of para-hydroxylation sites is 2. The maximum atomic E-state index is 5.65. The molecular formula is C57H33N3S. The van der Waals surface area contributed by atoms with Gasteiger partial charge in [-0.1, -0.05) is 140 Å². The second-order valence-electron chi connectivity index (χ2n) is 16.3. The summed E-state index contributed by atoms with van der Waals surface area (Å²) in [6, 6.07) is 73.7. The van der Waals surface area contributed by atoms with E-state index < -0.39 is 0 Å². The van der Waals surface area contributed by atoms with Gasteiger partial charge >= 0.3 is 0 Å². The highest BCUT2D eigenvalue weighted by Gasteiger charge is 2.23. The molecule has 0 aliphatic rings. The summed E-state index contributed by atoms with van der Waals surface area (Å²) in [7, 11) is 0. The lowest BCUT2D eigenvalue weighted by molar-refractivity contribution is 1.11. The number of nitrogens with zero attached hydrogens (tertiary/aromatic N) is 3. The Morgan fingerprint density at radius 1 is 0.344 bits per heavy atom. The molecule has 14 rings (SSSR count). The van der Waals surface area contributed by atoms with Crippen LogP contribution in [0.2, 0.25) is 0 Å². The van der Waals surface area contributed by atoms with E-state index in [0.717, 1.165) is 27.4 Å². The third kappa shape index (κ3) is 4.60. The van der Waals surface area contributed by atoms with Crippen LogP contribution in [0.5, 0.6) is 0 Å². The van der Waals surface area contributed by atoms with Gasteiger partial charge in [0.2, 0.25) is 0 Å². The van der Waals surface area contributed by atoms with E-state index in [-0.39, 0.29) is 0 Å². The van der Waals surface area contributed by atoms with Gasteiger partial charge < -0.3 is 4.57 Å². The van der Waals surface area contributed by atoms with E-state index in [1.807, 2.05) is 0 Å². The van der Waals surface area contributed by atoms with Crippen molar-refractivity contribution in [2.75, 3.05) is 0 Å². The highest BCUT2D eigenvalue weighted by Crippen LogP contribution is 2.47. The van der Waals surface area contributed by atoms with Crippen LogP contribution in [-0.2, 0) is 0 Å². The summed E-state index contributed by atoms with van der Waals surface area (Å²) < 4.78 is 6.07. The Kier molecular flexibility index (Phi) is 6.71. The van der Waals surface area contributed by atoms with Crippen molar-refractivity contribution in [1.82, 2.24) is 14.1 Å². The predicted molar refractivity (Wildman–Crippen MR) is 261 cm³/mol. The van der Waals surface area contributed by atoms with Crippen LogP contribution >= 0.6 is 11.3 Å². The third-order valence-electron chi connectivity index (χ3n) is 13.1. The molecule has 10 aromatic carbocycles. The van der Waals surface area contributed by atoms with Gasteiger partial charge in [-0.3, -0.25) is 4.57 Å². The molecule has 14 aromatic rings. The first-order valence-electron chi connectivity index (χ1n) is 20.9. The summed E-state index contributed by atoms with van der Waals surface area (Å²) in [4.78, 5) is 6.68. The minimum absolute atomic E-state index is 0.917. The second-order valence-corrected chi connectivity index (χ2v) is 17.3. The molecule has 0 N–H and O–H groups in total. The Hall–Kier alpha value is -7.79. The molecule has 0 unspecified atom stereocenters. The zero-order valence-corrected chi connectivity index (χ0v) is 33.6. The third-order valence-corrected chi connectivity index (χ3v) is 14.1. The minimum atomic E-state index is 0.917. The van der Waals surface area contributed by atoms with Crippen LogP contribution in [0.25, 0.3) is 130 Å². The van der Waals surface area contributed by atoms with E-state index in [0.29, 0.717) is 0 Å². The summed E-state index contributed by atoms with van der Waals surface area (Å²) in [6.45, 7) is 0. The molecule has 0 aliphatic heterocycles. The van der Waals surface area contributed by atoms with Gasteiger partial charge in [0.1, 0.15) is 10.6 Å². The summed E-state index contributed by atoms with van der Waals surface area (Å²) in [5.74, 6) is 0.917.